The molecule has 0 amide bonds. The summed E-state index contributed by atoms with van der Waals surface area (Å²) in [5, 5.41) is 0. The van der Waals surface area contributed by atoms with Crippen molar-refractivity contribution in [3.05, 3.63) is 24.3 Å². The van der Waals surface area contributed by atoms with Crippen molar-refractivity contribution in [1.29, 1.82) is 0 Å². The van der Waals surface area contributed by atoms with E-state index >= 15 is 0 Å². The zero-order valence-electron chi connectivity index (χ0n) is 9.17. The fourth-order valence-electron chi connectivity index (χ4n) is 1.72. The van der Waals surface area contributed by atoms with Gasteiger partial charge >= 0.3 is 5.97 Å². The number of allylic oxidation sites excluding steroid dienone is 3. The lowest BCUT2D eigenvalue weighted by Crippen LogP contribution is -2.22. The molecule has 0 heterocycles. The standard InChI is InChI=1S/C12H18O2/c1-9-5-6-12(4,10(9)2)7-8-14-11(3)13/h5-6,10H,1,7-8H2,2-4H3. The highest BCUT2D eigenvalue weighted by Crippen LogP contribution is 2.42. The van der Waals surface area contributed by atoms with Crippen LogP contribution in [0.1, 0.15) is 27.2 Å². The van der Waals surface area contributed by atoms with Gasteiger partial charge in [0.1, 0.15) is 0 Å². The molecule has 0 saturated carbocycles. The molecule has 1 aliphatic rings. The van der Waals surface area contributed by atoms with Crippen molar-refractivity contribution in [2.24, 2.45) is 11.3 Å². The number of rotatable bonds is 3. The molecule has 78 valence electrons. The number of ether oxygens (including phenoxy) is 1. The van der Waals surface area contributed by atoms with Crippen LogP contribution in [0.5, 0.6) is 0 Å². The van der Waals surface area contributed by atoms with Gasteiger partial charge in [-0.15, -0.1) is 0 Å². The van der Waals surface area contributed by atoms with Crippen LogP contribution >= 0.6 is 0 Å². The van der Waals surface area contributed by atoms with Gasteiger partial charge in [0.25, 0.3) is 0 Å². The van der Waals surface area contributed by atoms with Crippen molar-refractivity contribution in [1.82, 2.24) is 0 Å². The molecule has 0 radical (unpaired) electrons. The van der Waals surface area contributed by atoms with Gasteiger partial charge in [-0.3, -0.25) is 4.79 Å². The third kappa shape index (κ3) is 2.25. The van der Waals surface area contributed by atoms with Crippen LogP contribution in [0.15, 0.2) is 24.3 Å². The summed E-state index contributed by atoms with van der Waals surface area (Å²) < 4.78 is 4.95. The second-order valence-corrected chi connectivity index (χ2v) is 4.23. The maximum absolute atomic E-state index is 10.6. The molecule has 2 unspecified atom stereocenters. The normalized spacial score (nSPS) is 30.8. The van der Waals surface area contributed by atoms with Crippen molar-refractivity contribution in [3.63, 3.8) is 0 Å². The molecule has 2 atom stereocenters. The summed E-state index contributed by atoms with van der Waals surface area (Å²) >= 11 is 0. The molecule has 2 heteroatoms. The van der Waals surface area contributed by atoms with E-state index in [9.17, 15) is 4.79 Å². The van der Waals surface area contributed by atoms with Crippen molar-refractivity contribution >= 4 is 5.97 Å². The molecule has 0 aliphatic heterocycles. The van der Waals surface area contributed by atoms with Gasteiger partial charge in [0.2, 0.25) is 0 Å². The van der Waals surface area contributed by atoms with Gasteiger partial charge in [-0.2, -0.15) is 0 Å². The molecule has 0 saturated heterocycles. The molecule has 0 bridgehead atoms. The first-order chi connectivity index (χ1) is 6.46. The zero-order valence-corrected chi connectivity index (χ0v) is 9.17. The molecular weight excluding hydrogens is 176 g/mol. The quantitative estimate of drug-likeness (QED) is 0.646. The average Bonchev–Trinajstić information content (AvgIpc) is 2.34. The second kappa shape index (κ2) is 3.99. The van der Waals surface area contributed by atoms with Crippen molar-refractivity contribution < 1.29 is 9.53 Å². The number of hydrogen-bond donors (Lipinski definition) is 0. The van der Waals surface area contributed by atoms with Crippen LogP contribution in [-0.2, 0) is 9.53 Å². The summed E-state index contributed by atoms with van der Waals surface area (Å²) in [6, 6.07) is 0. The van der Waals surface area contributed by atoms with E-state index in [1.54, 1.807) is 0 Å². The minimum absolute atomic E-state index is 0.104. The maximum Gasteiger partial charge on any atom is 0.302 e. The van der Waals surface area contributed by atoms with Crippen molar-refractivity contribution in [3.8, 4) is 0 Å². The largest absolute Gasteiger partial charge is 0.466 e. The first-order valence-corrected chi connectivity index (χ1v) is 4.97. The Bertz CT molecular complexity index is 278. The molecular formula is C12H18O2. The van der Waals surface area contributed by atoms with Crippen LogP contribution in [0.3, 0.4) is 0 Å². The molecule has 0 spiro atoms. The van der Waals surface area contributed by atoms with Crippen LogP contribution < -0.4 is 0 Å². The van der Waals surface area contributed by atoms with E-state index in [0.29, 0.717) is 12.5 Å². The van der Waals surface area contributed by atoms with Gasteiger partial charge in [0.05, 0.1) is 6.61 Å². The van der Waals surface area contributed by atoms with Crippen LogP contribution in [0.2, 0.25) is 0 Å². The van der Waals surface area contributed by atoms with Crippen LogP contribution in [0, 0.1) is 11.3 Å². The first kappa shape index (κ1) is 11.0. The van der Waals surface area contributed by atoms with E-state index in [-0.39, 0.29) is 11.4 Å². The molecule has 2 nitrogen and oxygen atoms in total. The molecule has 0 N–H and O–H groups in total. The van der Waals surface area contributed by atoms with Crippen molar-refractivity contribution in [2.45, 2.75) is 27.2 Å². The van der Waals surface area contributed by atoms with Gasteiger partial charge in [-0.1, -0.05) is 38.2 Å². The van der Waals surface area contributed by atoms with Crippen LogP contribution in [0.4, 0.5) is 0 Å². The van der Waals surface area contributed by atoms with E-state index in [2.05, 4.69) is 32.6 Å². The highest BCUT2D eigenvalue weighted by molar-refractivity contribution is 5.65. The molecule has 14 heavy (non-hydrogen) atoms. The highest BCUT2D eigenvalue weighted by Gasteiger charge is 2.33. The van der Waals surface area contributed by atoms with Gasteiger partial charge in [-0.05, 0) is 17.8 Å². The Morgan fingerprint density at radius 2 is 2.36 bits per heavy atom. The summed E-state index contributed by atoms with van der Waals surface area (Å²) in [7, 11) is 0. The maximum atomic E-state index is 10.6. The molecule has 1 aliphatic carbocycles. The summed E-state index contributed by atoms with van der Waals surface area (Å²) in [5.41, 5.74) is 1.27. The number of esters is 1. The molecule has 0 aromatic heterocycles. The Hall–Kier alpha value is -1.05. The van der Waals surface area contributed by atoms with E-state index < -0.39 is 0 Å². The third-order valence-electron chi connectivity index (χ3n) is 3.17. The fraction of sp³-hybridized carbons (Fsp3) is 0.583. The highest BCUT2D eigenvalue weighted by atomic mass is 16.5. The molecule has 1 rings (SSSR count). The van der Waals surface area contributed by atoms with E-state index in [4.69, 9.17) is 4.74 Å². The van der Waals surface area contributed by atoms with Gasteiger partial charge in [-0.25, -0.2) is 0 Å². The van der Waals surface area contributed by atoms with Gasteiger partial charge < -0.3 is 4.74 Å². The van der Waals surface area contributed by atoms with Crippen LogP contribution in [0.25, 0.3) is 0 Å². The van der Waals surface area contributed by atoms with E-state index in [0.717, 1.165) is 12.0 Å². The smallest absolute Gasteiger partial charge is 0.302 e. The van der Waals surface area contributed by atoms with Gasteiger partial charge in [0.15, 0.2) is 0 Å². The number of carbonyl (C=O) groups is 1. The summed E-state index contributed by atoms with van der Waals surface area (Å²) in [4.78, 5) is 10.6. The predicted molar refractivity (Wildman–Crippen MR) is 56.8 cm³/mol. The average molecular weight is 194 g/mol. The molecule has 0 aromatic rings. The predicted octanol–water partition coefficient (Wildman–Crippen LogP) is 2.71. The topological polar surface area (TPSA) is 26.3 Å². The minimum Gasteiger partial charge on any atom is -0.466 e. The Balaban J connectivity index is 2.47. The Kier molecular flexibility index (Phi) is 3.14. The van der Waals surface area contributed by atoms with Gasteiger partial charge in [0, 0.05) is 6.92 Å². The summed E-state index contributed by atoms with van der Waals surface area (Å²) in [6.45, 7) is 10.3. The number of hydrogen-bond acceptors (Lipinski definition) is 2. The lowest BCUT2D eigenvalue weighted by molar-refractivity contribution is -0.141. The van der Waals surface area contributed by atoms with Crippen LogP contribution in [-0.4, -0.2) is 12.6 Å². The second-order valence-electron chi connectivity index (χ2n) is 4.23. The Labute approximate surface area is 85.6 Å². The fourth-order valence-corrected chi connectivity index (χ4v) is 1.72. The van der Waals surface area contributed by atoms with Crippen molar-refractivity contribution in [2.75, 3.05) is 6.61 Å². The lowest BCUT2D eigenvalue weighted by atomic mass is 9.77. The first-order valence-electron chi connectivity index (χ1n) is 4.97. The molecule has 0 fully saturated rings. The zero-order chi connectivity index (χ0) is 10.8. The molecule has 0 aromatic carbocycles. The van der Waals surface area contributed by atoms with E-state index in [1.807, 2.05) is 0 Å². The number of carbonyl (C=O) groups excluding carboxylic acids is 1. The SMILES string of the molecule is C=C1C=CC(C)(CCOC(C)=O)C1C. The monoisotopic (exact) mass is 194 g/mol. The summed E-state index contributed by atoms with van der Waals surface area (Å²) in [6.07, 6.45) is 5.10. The Morgan fingerprint density at radius 3 is 2.79 bits per heavy atom. The minimum atomic E-state index is -0.206. The lowest BCUT2D eigenvalue weighted by Gasteiger charge is -2.28. The summed E-state index contributed by atoms with van der Waals surface area (Å²) in [5.74, 6) is 0.236. The third-order valence-corrected chi connectivity index (χ3v) is 3.17. The Morgan fingerprint density at radius 1 is 1.71 bits per heavy atom. The van der Waals surface area contributed by atoms with E-state index in [1.165, 1.54) is 6.92 Å².